The third-order valence-corrected chi connectivity index (χ3v) is 9.32. The molecule has 7 rings (SSSR count). The van der Waals surface area contributed by atoms with Crippen LogP contribution in [0.5, 0.6) is 11.8 Å². The molecule has 0 bridgehead atoms. The molecular weight excluding hydrogens is 625 g/mol. The topological polar surface area (TPSA) is 109 Å². The number of nitrogens with one attached hydrogen (secondary N) is 1. The van der Waals surface area contributed by atoms with Crippen LogP contribution in [0.4, 0.5) is 15.0 Å². The second kappa shape index (κ2) is 12.3. The van der Waals surface area contributed by atoms with Gasteiger partial charge in [-0.15, -0.1) is 0 Å². The third kappa shape index (κ3) is 6.49. The van der Waals surface area contributed by atoms with Crippen LogP contribution in [-0.4, -0.2) is 106 Å². The molecule has 2 saturated heterocycles. The van der Waals surface area contributed by atoms with Gasteiger partial charge in [-0.05, 0) is 71.7 Å². The first-order valence-corrected chi connectivity index (χ1v) is 16.7. The number of piperazine rings is 1. The lowest BCUT2D eigenvalue weighted by atomic mass is 9.94. The van der Waals surface area contributed by atoms with E-state index in [9.17, 15) is 9.18 Å². The molecule has 1 saturated carbocycles. The highest BCUT2D eigenvalue weighted by Crippen LogP contribution is 2.48. The Hall–Kier alpha value is -3.90. The molecule has 1 aliphatic carbocycles. The van der Waals surface area contributed by atoms with E-state index in [1.165, 1.54) is 0 Å². The summed E-state index contributed by atoms with van der Waals surface area (Å²) >= 11 is 7.21. The standard InChI is InChI=1S/C34H41ClFN7O4/c1-19-6-9-26-24(16-37-40-26)27(19)28-25(35)15-23-29(30(28)46-22-7-8-22)38-32(45-18-21-14-20(36)17-41(21)5)39-31(23)42-10-12-43(13-11-42)33(44)47-34(2,3)4/h6,9,15-16,20-22H,7-8,10-14,17-18H2,1-5H3,(H,37,40)/t20-,21+/m1/s1. The molecule has 13 heteroatoms. The van der Waals surface area contributed by atoms with E-state index in [1.54, 1.807) is 11.1 Å². The zero-order chi connectivity index (χ0) is 33.0. The van der Waals surface area contributed by atoms with Gasteiger partial charge in [0.2, 0.25) is 0 Å². The van der Waals surface area contributed by atoms with Gasteiger partial charge in [0.15, 0.2) is 5.75 Å². The van der Waals surface area contributed by atoms with Crippen molar-refractivity contribution >= 4 is 45.3 Å². The number of carbonyl (C=O) groups is 1. The monoisotopic (exact) mass is 665 g/mol. The Morgan fingerprint density at radius 3 is 2.55 bits per heavy atom. The molecule has 11 nitrogen and oxygen atoms in total. The van der Waals surface area contributed by atoms with Crippen LogP contribution < -0.4 is 14.4 Å². The van der Waals surface area contributed by atoms with Crippen LogP contribution in [0.3, 0.4) is 0 Å². The van der Waals surface area contributed by atoms with E-state index in [1.807, 2.05) is 57.8 Å². The fraction of sp³-hybridized carbons (Fsp3) is 0.529. The number of amides is 1. The molecule has 3 fully saturated rings. The first-order chi connectivity index (χ1) is 22.4. The highest BCUT2D eigenvalue weighted by Gasteiger charge is 2.33. The van der Waals surface area contributed by atoms with Crippen molar-refractivity contribution in [3.05, 3.63) is 35.0 Å². The summed E-state index contributed by atoms with van der Waals surface area (Å²) in [7, 11) is 1.90. The Balaban J connectivity index is 1.33. The predicted octanol–water partition coefficient (Wildman–Crippen LogP) is 6.15. The molecule has 4 aromatic rings. The van der Waals surface area contributed by atoms with E-state index in [-0.39, 0.29) is 30.9 Å². The van der Waals surface area contributed by atoms with E-state index in [4.69, 9.17) is 35.8 Å². The molecule has 2 aromatic heterocycles. The zero-order valence-corrected chi connectivity index (χ0v) is 28.2. The number of fused-ring (bicyclic) bond motifs is 2. The number of H-pyrrole nitrogens is 1. The molecule has 2 atom stereocenters. The fourth-order valence-corrected chi connectivity index (χ4v) is 6.73. The molecule has 2 aliphatic heterocycles. The van der Waals surface area contributed by atoms with Gasteiger partial charge in [-0.3, -0.25) is 10.00 Å². The Kier molecular flexibility index (Phi) is 8.28. The van der Waals surface area contributed by atoms with Gasteiger partial charge in [-0.25, -0.2) is 9.18 Å². The summed E-state index contributed by atoms with van der Waals surface area (Å²) in [5.41, 5.74) is 3.60. The van der Waals surface area contributed by atoms with Gasteiger partial charge >= 0.3 is 12.1 Å². The minimum absolute atomic E-state index is 0.0491. The summed E-state index contributed by atoms with van der Waals surface area (Å²) in [6.45, 7) is 10.2. The maximum Gasteiger partial charge on any atom is 0.410 e. The molecule has 2 aromatic carbocycles. The Bertz CT molecular complexity index is 1820. The van der Waals surface area contributed by atoms with Crippen molar-refractivity contribution in [1.82, 2.24) is 30.0 Å². The van der Waals surface area contributed by atoms with E-state index >= 15 is 0 Å². The smallest absolute Gasteiger partial charge is 0.410 e. The molecule has 0 spiro atoms. The van der Waals surface area contributed by atoms with Gasteiger partial charge in [-0.1, -0.05) is 17.7 Å². The molecule has 1 N–H and O–H groups in total. The van der Waals surface area contributed by atoms with Gasteiger partial charge in [-0.2, -0.15) is 15.1 Å². The lowest BCUT2D eigenvalue weighted by Gasteiger charge is -2.36. The number of alkyl halides is 1. The number of carbonyl (C=O) groups excluding carboxylic acids is 1. The summed E-state index contributed by atoms with van der Waals surface area (Å²) in [4.78, 5) is 28.5. The zero-order valence-electron chi connectivity index (χ0n) is 27.5. The molecule has 3 aliphatic rings. The van der Waals surface area contributed by atoms with Gasteiger partial charge in [0.1, 0.15) is 29.7 Å². The van der Waals surface area contributed by atoms with Crippen molar-refractivity contribution in [1.29, 1.82) is 0 Å². The van der Waals surface area contributed by atoms with Gasteiger partial charge in [0, 0.05) is 60.7 Å². The van der Waals surface area contributed by atoms with E-state index in [2.05, 4.69) is 15.1 Å². The Morgan fingerprint density at radius 2 is 1.87 bits per heavy atom. The summed E-state index contributed by atoms with van der Waals surface area (Å²) in [6, 6.07) is 6.04. The molecule has 0 unspecified atom stereocenters. The van der Waals surface area contributed by atoms with E-state index in [0.717, 1.165) is 45.8 Å². The summed E-state index contributed by atoms with van der Waals surface area (Å²) in [6.07, 6.45) is 2.90. The van der Waals surface area contributed by atoms with Crippen molar-refractivity contribution in [2.45, 2.75) is 70.9 Å². The van der Waals surface area contributed by atoms with E-state index < -0.39 is 11.8 Å². The van der Waals surface area contributed by atoms with Crippen LogP contribution in [0.15, 0.2) is 24.4 Å². The van der Waals surface area contributed by atoms with Gasteiger partial charge < -0.3 is 24.0 Å². The van der Waals surface area contributed by atoms with Crippen LogP contribution in [0.25, 0.3) is 32.9 Å². The van der Waals surface area contributed by atoms with Crippen LogP contribution >= 0.6 is 11.6 Å². The fourth-order valence-electron chi connectivity index (χ4n) is 6.44. The number of aryl methyl sites for hydroxylation is 1. The molecular formula is C34H41ClFN7O4. The summed E-state index contributed by atoms with van der Waals surface area (Å²) < 4.78 is 32.7. The SMILES string of the molecule is Cc1ccc2[nH]ncc2c1-c1c(Cl)cc2c(N3CCN(C(=O)OC(C)(C)C)CC3)nc(OC[C@@H]3C[C@@H](F)CN3C)nc2c1OC1CC1. The quantitative estimate of drug-likeness (QED) is 0.248. The largest absolute Gasteiger partial charge is 0.487 e. The summed E-state index contributed by atoms with van der Waals surface area (Å²) in [5.74, 6) is 1.22. The third-order valence-electron chi connectivity index (χ3n) is 9.02. The number of likely N-dealkylation sites (N-methyl/N-ethyl adjacent to an activating group) is 1. The molecule has 0 radical (unpaired) electrons. The summed E-state index contributed by atoms with van der Waals surface area (Å²) in [5, 5.41) is 9.53. The minimum atomic E-state index is -0.889. The molecule has 250 valence electrons. The molecule has 4 heterocycles. The van der Waals surface area contributed by atoms with Crippen LogP contribution in [0.1, 0.15) is 45.6 Å². The maximum atomic E-state index is 14.2. The number of likely N-dealkylation sites (tertiary alicyclic amines) is 1. The number of ether oxygens (including phenoxy) is 3. The predicted molar refractivity (Wildman–Crippen MR) is 179 cm³/mol. The minimum Gasteiger partial charge on any atom is -0.487 e. The molecule has 1 amide bonds. The van der Waals surface area contributed by atoms with Crippen LogP contribution in [0, 0.1) is 6.92 Å². The number of hydrogen-bond donors (Lipinski definition) is 1. The average molecular weight is 666 g/mol. The maximum absolute atomic E-state index is 14.2. The highest BCUT2D eigenvalue weighted by atomic mass is 35.5. The van der Waals surface area contributed by atoms with Crippen molar-refractivity contribution < 1.29 is 23.4 Å². The number of nitrogens with zero attached hydrogens (tertiary/aromatic N) is 6. The van der Waals surface area contributed by atoms with Crippen LogP contribution in [-0.2, 0) is 4.74 Å². The number of aromatic nitrogens is 4. The number of rotatable bonds is 7. The van der Waals surface area contributed by atoms with Crippen LogP contribution in [0.2, 0.25) is 5.02 Å². The lowest BCUT2D eigenvalue weighted by Crippen LogP contribution is -2.50. The Labute approximate surface area is 278 Å². The molecule has 47 heavy (non-hydrogen) atoms. The number of aromatic amines is 1. The second-order valence-electron chi connectivity index (χ2n) is 13.9. The second-order valence-corrected chi connectivity index (χ2v) is 14.3. The lowest BCUT2D eigenvalue weighted by molar-refractivity contribution is 0.0240. The average Bonchev–Trinajstić information content (AvgIpc) is 3.60. The number of hydrogen-bond acceptors (Lipinski definition) is 9. The van der Waals surface area contributed by atoms with Crippen molar-refractivity contribution in [2.24, 2.45) is 0 Å². The van der Waals surface area contributed by atoms with Crippen molar-refractivity contribution in [3.8, 4) is 22.9 Å². The number of halogens is 2. The number of benzene rings is 2. The number of anilines is 1. The first-order valence-electron chi connectivity index (χ1n) is 16.3. The van der Waals surface area contributed by atoms with Crippen molar-refractivity contribution in [2.75, 3.05) is 51.3 Å². The van der Waals surface area contributed by atoms with Gasteiger partial charge in [0.25, 0.3) is 0 Å². The first kappa shape index (κ1) is 31.7. The van der Waals surface area contributed by atoms with Gasteiger partial charge in [0.05, 0.1) is 22.8 Å². The van der Waals surface area contributed by atoms with Crippen molar-refractivity contribution in [3.63, 3.8) is 0 Å². The highest BCUT2D eigenvalue weighted by molar-refractivity contribution is 6.35. The normalized spacial score (nSPS) is 20.7. The van der Waals surface area contributed by atoms with E-state index in [0.29, 0.717) is 61.3 Å². The Morgan fingerprint density at radius 1 is 1.11 bits per heavy atom.